The van der Waals surface area contributed by atoms with Crippen LogP contribution >= 0.6 is 0 Å². The van der Waals surface area contributed by atoms with Crippen LogP contribution < -0.4 is 0 Å². The molecule has 80 valence electrons. The maximum absolute atomic E-state index is 11.2. The standard InChI is InChI=1S/C10H16O4/c1-3-13-10(12)7(2)6-8-4-5-9(11)14-8/h7-8H,3-6H2,1-2H3. The minimum absolute atomic E-state index is 0.0955. The fourth-order valence-corrected chi connectivity index (χ4v) is 1.52. The van der Waals surface area contributed by atoms with Crippen molar-refractivity contribution in [2.75, 3.05) is 6.61 Å². The summed E-state index contributed by atoms with van der Waals surface area (Å²) in [6.07, 6.45) is 1.68. The molecule has 1 aliphatic heterocycles. The molecule has 1 heterocycles. The molecule has 0 aromatic rings. The van der Waals surface area contributed by atoms with E-state index in [2.05, 4.69) is 0 Å². The number of hydrogen-bond donors (Lipinski definition) is 0. The van der Waals surface area contributed by atoms with Crippen LogP contribution in [0.3, 0.4) is 0 Å². The van der Waals surface area contributed by atoms with Crippen molar-refractivity contribution in [3.05, 3.63) is 0 Å². The zero-order valence-corrected chi connectivity index (χ0v) is 8.62. The molecule has 0 aromatic heterocycles. The Bertz CT molecular complexity index is 224. The highest BCUT2D eigenvalue weighted by atomic mass is 16.6. The molecule has 0 spiro atoms. The van der Waals surface area contributed by atoms with E-state index in [0.29, 0.717) is 19.4 Å². The highest BCUT2D eigenvalue weighted by Crippen LogP contribution is 2.21. The fraction of sp³-hybridized carbons (Fsp3) is 0.800. The topological polar surface area (TPSA) is 52.6 Å². The van der Waals surface area contributed by atoms with Gasteiger partial charge in [0.15, 0.2) is 0 Å². The van der Waals surface area contributed by atoms with Gasteiger partial charge in [-0.1, -0.05) is 6.92 Å². The SMILES string of the molecule is CCOC(=O)C(C)CC1CCC(=O)O1. The fourth-order valence-electron chi connectivity index (χ4n) is 1.52. The van der Waals surface area contributed by atoms with Crippen molar-refractivity contribution in [2.45, 2.75) is 39.2 Å². The van der Waals surface area contributed by atoms with Gasteiger partial charge in [-0.05, 0) is 19.8 Å². The zero-order chi connectivity index (χ0) is 10.6. The molecule has 0 amide bonds. The molecule has 0 aromatic carbocycles. The van der Waals surface area contributed by atoms with Crippen LogP contribution in [0.5, 0.6) is 0 Å². The third kappa shape index (κ3) is 3.01. The number of esters is 2. The molecule has 14 heavy (non-hydrogen) atoms. The van der Waals surface area contributed by atoms with Crippen molar-refractivity contribution in [2.24, 2.45) is 5.92 Å². The van der Waals surface area contributed by atoms with Gasteiger partial charge >= 0.3 is 11.9 Å². The summed E-state index contributed by atoms with van der Waals surface area (Å²) in [5.74, 6) is -0.563. The van der Waals surface area contributed by atoms with E-state index in [1.807, 2.05) is 0 Å². The van der Waals surface area contributed by atoms with Crippen LogP contribution in [0.25, 0.3) is 0 Å². The van der Waals surface area contributed by atoms with Crippen LogP contribution in [0.15, 0.2) is 0 Å². The van der Waals surface area contributed by atoms with Gasteiger partial charge in [0.25, 0.3) is 0 Å². The lowest BCUT2D eigenvalue weighted by Crippen LogP contribution is -2.20. The number of carbonyl (C=O) groups is 2. The van der Waals surface area contributed by atoms with Crippen molar-refractivity contribution in [3.63, 3.8) is 0 Å². The lowest BCUT2D eigenvalue weighted by molar-refractivity contribution is -0.151. The van der Waals surface area contributed by atoms with Crippen LogP contribution in [0.2, 0.25) is 0 Å². The maximum atomic E-state index is 11.2. The Kier molecular flexibility index (Phi) is 3.92. The lowest BCUT2D eigenvalue weighted by atomic mass is 10.0. The predicted octanol–water partition coefficient (Wildman–Crippen LogP) is 1.28. The van der Waals surface area contributed by atoms with E-state index in [1.54, 1.807) is 13.8 Å². The quantitative estimate of drug-likeness (QED) is 0.641. The van der Waals surface area contributed by atoms with E-state index in [4.69, 9.17) is 9.47 Å². The van der Waals surface area contributed by atoms with Gasteiger partial charge in [-0.15, -0.1) is 0 Å². The summed E-state index contributed by atoms with van der Waals surface area (Å²) in [6, 6.07) is 0. The summed E-state index contributed by atoms with van der Waals surface area (Å²) in [6.45, 7) is 3.97. The van der Waals surface area contributed by atoms with Gasteiger partial charge in [0.2, 0.25) is 0 Å². The number of carbonyl (C=O) groups excluding carboxylic acids is 2. The first-order chi connectivity index (χ1) is 6.63. The molecule has 1 rings (SSSR count). The molecule has 1 aliphatic rings. The van der Waals surface area contributed by atoms with Gasteiger partial charge in [-0.25, -0.2) is 0 Å². The minimum atomic E-state index is -0.213. The van der Waals surface area contributed by atoms with Crippen molar-refractivity contribution in [1.82, 2.24) is 0 Å². The summed E-state index contributed by atoms with van der Waals surface area (Å²) in [5, 5.41) is 0. The van der Waals surface area contributed by atoms with Crippen LogP contribution in [0, 0.1) is 5.92 Å². The van der Waals surface area contributed by atoms with E-state index < -0.39 is 0 Å². The molecule has 1 fully saturated rings. The van der Waals surface area contributed by atoms with Gasteiger partial charge in [0, 0.05) is 6.42 Å². The third-order valence-corrected chi connectivity index (χ3v) is 2.27. The average molecular weight is 200 g/mol. The summed E-state index contributed by atoms with van der Waals surface area (Å²) >= 11 is 0. The summed E-state index contributed by atoms with van der Waals surface area (Å²) in [7, 11) is 0. The van der Waals surface area contributed by atoms with E-state index in [0.717, 1.165) is 6.42 Å². The molecule has 2 unspecified atom stereocenters. The number of cyclic esters (lactones) is 1. The molecule has 0 bridgehead atoms. The summed E-state index contributed by atoms with van der Waals surface area (Å²) in [5.41, 5.74) is 0. The van der Waals surface area contributed by atoms with E-state index >= 15 is 0 Å². The first-order valence-corrected chi connectivity index (χ1v) is 4.99. The van der Waals surface area contributed by atoms with Crippen LogP contribution in [0.1, 0.15) is 33.1 Å². The zero-order valence-electron chi connectivity index (χ0n) is 8.62. The Morgan fingerprint density at radius 1 is 1.71 bits per heavy atom. The van der Waals surface area contributed by atoms with Gasteiger partial charge < -0.3 is 9.47 Å². The minimum Gasteiger partial charge on any atom is -0.466 e. The maximum Gasteiger partial charge on any atom is 0.308 e. The Balaban J connectivity index is 2.29. The van der Waals surface area contributed by atoms with Crippen LogP contribution in [0.4, 0.5) is 0 Å². The molecule has 0 aliphatic carbocycles. The number of ether oxygens (including phenoxy) is 2. The number of rotatable bonds is 4. The van der Waals surface area contributed by atoms with Gasteiger partial charge in [-0.2, -0.15) is 0 Å². The second-order valence-corrected chi connectivity index (χ2v) is 3.54. The van der Waals surface area contributed by atoms with Crippen molar-refractivity contribution >= 4 is 11.9 Å². The Morgan fingerprint density at radius 2 is 2.43 bits per heavy atom. The second-order valence-electron chi connectivity index (χ2n) is 3.54. The molecular formula is C10H16O4. The molecule has 4 heteroatoms. The first kappa shape index (κ1) is 11.0. The molecule has 4 nitrogen and oxygen atoms in total. The van der Waals surface area contributed by atoms with E-state index in [9.17, 15) is 9.59 Å². The Hall–Kier alpha value is -1.06. The highest BCUT2D eigenvalue weighted by molar-refractivity contribution is 5.73. The third-order valence-electron chi connectivity index (χ3n) is 2.27. The normalized spacial score (nSPS) is 23.0. The van der Waals surface area contributed by atoms with Crippen molar-refractivity contribution in [1.29, 1.82) is 0 Å². The molecule has 2 atom stereocenters. The van der Waals surface area contributed by atoms with Crippen LogP contribution in [-0.2, 0) is 19.1 Å². The second kappa shape index (κ2) is 4.98. The summed E-state index contributed by atoms with van der Waals surface area (Å²) in [4.78, 5) is 22.0. The molecule has 0 N–H and O–H groups in total. The molecule has 0 saturated carbocycles. The van der Waals surface area contributed by atoms with Crippen molar-refractivity contribution in [3.8, 4) is 0 Å². The first-order valence-electron chi connectivity index (χ1n) is 4.99. The van der Waals surface area contributed by atoms with Gasteiger partial charge in [0.1, 0.15) is 6.10 Å². The van der Waals surface area contributed by atoms with E-state index in [-0.39, 0.29) is 24.0 Å². The monoisotopic (exact) mass is 200 g/mol. The van der Waals surface area contributed by atoms with E-state index in [1.165, 1.54) is 0 Å². The van der Waals surface area contributed by atoms with Gasteiger partial charge in [-0.3, -0.25) is 9.59 Å². The average Bonchev–Trinajstić information content (AvgIpc) is 2.51. The number of hydrogen-bond acceptors (Lipinski definition) is 4. The predicted molar refractivity (Wildman–Crippen MR) is 49.5 cm³/mol. The smallest absolute Gasteiger partial charge is 0.308 e. The van der Waals surface area contributed by atoms with Crippen LogP contribution in [-0.4, -0.2) is 24.6 Å². The molecule has 1 saturated heterocycles. The Labute approximate surface area is 83.6 Å². The largest absolute Gasteiger partial charge is 0.466 e. The molecule has 0 radical (unpaired) electrons. The van der Waals surface area contributed by atoms with Gasteiger partial charge in [0.05, 0.1) is 12.5 Å². The Morgan fingerprint density at radius 3 is 2.93 bits per heavy atom. The summed E-state index contributed by atoms with van der Waals surface area (Å²) < 4.78 is 9.87. The lowest BCUT2D eigenvalue weighted by Gasteiger charge is -2.14. The van der Waals surface area contributed by atoms with Crippen molar-refractivity contribution < 1.29 is 19.1 Å². The highest BCUT2D eigenvalue weighted by Gasteiger charge is 2.27. The molecular weight excluding hydrogens is 184 g/mol.